The molecule has 1 unspecified atom stereocenters. The van der Waals surface area contributed by atoms with Crippen molar-refractivity contribution in [1.82, 2.24) is 9.88 Å². The maximum atomic E-state index is 12.1. The molecule has 2 atom stereocenters. The van der Waals surface area contributed by atoms with Gasteiger partial charge in [0.25, 0.3) is 0 Å². The molecule has 0 aliphatic rings. The van der Waals surface area contributed by atoms with E-state index < -0.39 is 0 Å². The van der Waals surface area contributed by atoms with Crippen LogP contribution in [-0.4, -0.2) is 57.4 Å². The molecule has 33 heavy (non-hydrogen) atoms. The van der Waals surface area contributed by atoms with E-state index in [9.17, 15) is 20.1 Å². The van der Waals surface area contributed by atoms with Gasteiger partial charge in [-0.3, -0.25) is 4.79 Å². The molecule has 0 spiro atoms. The molecule has 0 aliphatic carbocycles. The van der Waals surface area contributed by atoms with E-state index in [0.29, 0.717) is 41.9 Å². The van der Waals surface area contributed by atoms with Crippen molar-refractivity contribution in [3.8, 4) is 5.75 Å². The molecule has 0 saturated heterocycles. The molecule has 0 bridgehead atoms. The zero-order valence-corrected chi connectivity index (χ0v) is 19.4. The highest BCUT2D eigenvalue weighted by molar-refractivity contribution is 5.87. The molecule has 1 amide bonds. The largest absolute Gasteiger partial charge is 0.507 e. The molecular weight excluding hydrogens is 420 g/mol. The molecule has 2 rings (SSSR count). The molecule has 1 heterocycles. The number of benzene rings is 1. The van der Waals surface area contributed by atoms with Gasteiger partial charge in [0.1, 0.15) is 11.6 Å². The number of rotatable bonds is 12. The van der Waals surface area contributed by atoms with Crippen LogP contribution in [0.3, 0.4) is 0 Å². The van der Waals surface area contributed by atoms with Gasteiger partial charge in [-0.15, -0.1) is 0 Å². The van der Waals surface area contributed by atoms with Crippen molar-refractivity contribution >= 4 is 23.5 Å². The number of aliphatic hydroxyl groups excluding tert-OH is 2. The fourth-order valence-corrected chi connectivity index (χ4v) is 4.08. The Morgan fingerprint density at radius 1 is 1.30 bits per heavy atom. The van der Waals surface area contributed by atoms with Crippen LogP contribution in [-0.2, 0) is 11.2 Å². The van der Waals surface area contributed by atoms with Crippen LogP contribution in [0.1, 0.15) is 54.5 Å². The summed E-state index contributed by atoms with van der Waals surface area (Å²) in [6.45, 7) is 5.40. The maximum Gasteiger partial charge on any atom is 0.246 e. The number of phenols is 1. The Bertz CT molecular complexity index is 983. The fraction of sp³-hybridized carbons (Fsp3) is 0.400. The first-order valence-corrected chi connectivity index (χ1v) is 11.2. The van der Waals surface area contributed by atoms with Crippen molar-refractivity contribution in [2.24, 2.45) is 5.73 Å². The molecule has 0 radical (unpaired) electrons. The number of likely N-dealkylation sites (N-methyl/N-ethyl adjacent to an activating group) is 1. The Labute approximate surface area is 195 Å². The lowest BCUT2D eigenvalue weighted by Gasteiger charge is -2.29. The summed E-state index contributed by atoms with van der Waals surface area (Å²) < 4.78 is 0. The highest BCUT2D eigenvalue weighted by Gasteiger charge is 2.26. The first kappa shape index (κ1) is 26.0. The lowest BCUT2D eigenvalue weighted by Crippen LogP contribution is -2.39. The van der Waals surface area contributed by atoms with E-state index in [2.05, 4.69) is 11.6 Å². The number of nitrogens with zero attached hydrogens (tertiary/aromatic N) is 1. The molecule has 1 aromatic heterocycles. The van der Waals surface area contributed by atoms with E-state index in [4.69, 9.17) is 11.5 Å². The third-order valence-electron chi connectivity index (χ3n) is 6.05. The van der Waals surface area contributed by atoms with Crippen LogP contribution in [0.15, 0.2) is 36.9 Å². The standard InChI is InChI=1S/C25H36N4O4/c1-4-16(13-17(15-31)29(3)23(33)5-2)24-18(10-8-12-30)20(25(27)28-24)14-21(26)19-9-6-7-11-22(19)32/h5-7,9,11,14,16-17,28,30-32H,2,4,8,10,12-13,15,26-27H2,1,3H3/b21-14-/t16-,17?/m1/s1. The summed E-state index contributed by atoms with van der Waals surface area (Å²) in [6, 6.07) is 6.42. The Kier molecular flexibility index (Phi) is 9.57. The van der Waals surface area contributed by atoms with E-state index >= 15 is 0 Å². The molecule has 8 heteroatoms. The number of aromatic amines is 1. The number of nitrogens with one attached hydrogen (secondary N) is 1. The van der Waals surface area contributed by atoms with Crippen molar-refractivity contribution < 1.29 is 20.1 Å². The number of aromatic nitrogens is 1. The Morgan fingerprint density at radius 3 is 2.58 bits per heavy atom. The summed E-state index contributed by atoms with van der Waals surface area (Å²) in [5.41, 5.74) is 16.1. The van der Waals surface area contributed by atoms with Gasteiger partial charge in [0.15, 0.2) is 0 Å². The average molecular weight is 457 g/mol. The van der Waals surface area contributed by atoms with Gasteiger partial charge in [0, 0.05) is 42.1 Å². The number of nitrogen functional groups attached to an aromatic ring is 1. The van der Waals surface area contributed by atoms with E-state index in [-0.39, 0.29) is 36.8 Å². The van der Waals surface area contributed by atoms with E-state index in [1.165, 1.54) is 11.0 Å². The topological polar surface area (TPSA) is 149 Å². The van der Waals surface area contributed by atoms with E-state index in [1.807, 2.05) is 6.92 Å². The number of aliphatic hydroxyl groups is 2. The number of carbonyl (C=O) groups excluding carboxylic acids is 1. The quantitative estimate of drug-likeness (QED) is 0.270. The minimum atomic E-state index is -0.388. The van der Waals surface area contributed by atoms with E-state index in [0.717, 1.165) is 17.7 Å². The van der Waals surface area contributed by atoms with Crippen molar-refractivity contribution in [3.05, 3.63) is 59.3 Å². The van der Waals surface area contributed by atoms with Gasteiger partial charge in [0.2, 0.25) is 5.91 Å². The number of nitrogens with two attached hydrogens (primary N) is 2. The summed E-state index contributed by atoms with van der Waals surface area (Å²) in [5, 5.41) is 29.5. The predicted octanol–water partition coefficient (Wildman–Crippen LogP) is 2.57. The molecule has 0 aliphatic heterocycles. The normalized spacial score (nSPS) is 13.5. The van der Waals surface area contributed by atoms with Crippen LogP contribution in [0.25, 0.3) is 11.8 Å². The molecular formula is C25H36N4O4. The summed E-state index contributed by atoms with van der Waals surface area (Å²) in [4.78, 5) is 16.8. The molecule has 180 valence electrons. The number of hydrogen-bond acceptors (Lipinski definition) is 6. The second kappa shape index (κ2) is 12.1. The van der Waals surface area contributed by atoms with Crippen LogP contribution in [0.2, 0.25) is 0 Å². The number of aromatic hydroxyl groups is 1. The highest BCUT2D eigenvalue weighted by atomic mass is 16.3. The molecule has 0 saturated carbocycles. The molecule has 8 N–H and O–H groups in total. The number of H-pyrrole nitrogens is 1. The minimum Gasteiger partial charge on any atom is -0.507 e. The van der Waals surface area contributed by atoms with Crippen LogP contribution in [0, 0.1) is 0 Å². The summed E-state index contributed by atoms with van der Waals surface area (Å²) in [7, 11) is 1.65. The first-order valence-electron chi connectivity index (χ1n) is 11.2. The highest BCUT2D eigenvalue weighted by Crippen LogP contribution is 2.35. The Balaban J connectivity index is 2.49. The number of amides is 1. The maximum absolute atomic E-state index is 12.1. The van der Waals surface area contributed by atoms with Gasteiger partial charge in [-0.1, -0.05) is 25.6 Å². The van der Waals surface area contributed by atoms with Gasteiger partial charge < -0.3 is 36.7 Å². The van der Waals surface area contributed by atoms with Crippen molar-refractivity contribution in [1.29, 1.82) is 0 Å². The van der Waals surface area contributed by atoms with Crippen molar-refractivity contribution in [2.45, 2.75) is 44.6 Å². The van der Waals surface area contributed by atoms with Gasteiger partial charge >= 0.3 is 0 Å². The number of anilines is 1. The monoisotopic (exact) mass is 456 g/mol. The van der Waals surface area contributed by atoms with E-state index in [1.54, 1.807) is 37.4 Å². The molecule has 2 aromatic rings. The third kappa shape index (κ3) is 6.18. The smallest absolute Gasteiger partial charge is 0.246 e. The Morgan fingerprint density at radius 2 is 2.00 bits per heavy atom. The van der Waals surface area contributed by atoms with Gasteiger partial charge in [-0.25, -0.2) is 0 Å². The fourth-order valence-electron chi connectivity index (χ4n) is 4.08. The number of para-hydroxylation sites is 1. The zero-order valence-electron chi connectivity index (χ0n) is 19.4. The van der Waals surface area contributed by atoms with Gasteiger partial charge in [-0.05, 0) is 55.5 Å². The lowest BCUT2D eigenvalue weighted by molar-refractivity contribution is -0.127. The summed E-state index contributed by atoms with van der Waals surface area (Å²) >= 11 is 0. The van der Waals surface area contributed by atoms with Crippen LogP contribution < -0.4 is 11.5 Å². The lowest BCUT2D eigenvalue weighted by atomic mass is 9.89. The number of phenolic OH excluding ortho intramolecular Hbond substituents is 1. The number of hydrogen-bond donors (Lipinski definition) is 6. The van der Waals surface area contributed by atoms with Crippen LogP contribution in [0.5, 0.6) is 5.75 Å². The first-order chi connectivity index (χ1) is 15.8. The minimum absolute atomic E-state index is 0.0216. The molecule has 0 fully saturated rings. The van der Waals surface area contributed by atoms with Crippen molar-refractivity contribution in [2.75, 3.05) is 26.0 Å². The molecule has 8 nitrogen and oxygen atoms in total. The molecule has 1 aromatic carbocycles. The summed E-state index contributed by atoms with van der Waals surface area (Å²) in [6.07, 6.45) is 5.34. The average Bonchev–Trinajstić information content (AvgIpc) is 3.12. The Hall–Kier alpha value is -3.23. The van der Waals surface area contributed by atoms with Crippen molar-refractivity contribution in [3.63, 3.8) is 0 Å². The van der Waals surface area contributed by atoms with Gasteiger partial charge in [0.05, 0.1) is 12.6 Å². The SMILES string of the molecule is C=CC(=O)N(C)C(CO)C[C@@H](CC)c1[nH]c(N)c(/C=C(\N)c2ccccc2O)c1CCCO. The van der Waals surface area contributed by atoms with Gasteiger partial charge in [-0.2, -0.15) is 0 Å². The number of carbonyl (C=O) groups is 1. The van der Waals surface area contributed by atoms with Crippen LogP contribution in [0.4, 0.5) is 5.82 Å². The predicted molar refractivity (Wildman–Crippen MR) is 132 cm³/mol. The summed E-state index contributed by atoms with van der Waals surface area (Å²) in [5.74, 6) is 0.233. The third-order valence-corrected chi connectivity index (χ3v) is 6.05. The zero-order chi connectivity index (χ0) is 24.5. The second-order valence-electron chi connectivity index (χ2n) is 8.12. The second-order valence-corrected chi connectivity index (χ2v) is 8.12. The van der Waals surface area contributed by atoms with Crippen LogP contribution >= 0.6 is 0 Å².